The molecule has 0 N–H and O–H groups in total. The van der Waals surface area contributed by atoms with E-state index in [1.807, 2.05) is 27.7 Å². The van der Waals surface area contributed by atoms with E-state index < -0.39 is 30.1 Å². The van der Waals surface area contributed by atoms with Gasteiger partial charge in [-0.2, -0.15) is 13.2 Å². The highest BCUT2D eigenvalue weighted by atomic mass is 19.4. The second kappa shape index (κ2) is 5.81. The summed E-state index contributed by atoms with van der Waals surface area (Å²) in [6, 6.07) is 4.99. The Labute approximate surface area is 144 Å². The van der Waals surface area contributed by atoms with Crippen molar-refractivity contribution in [1.82, 2.24) is 9.97 Å². The van der Waals surface area contributed by atoms with Crippen molar-refractivity contribution in [3.8, 4) is 11.3 Å². The van der Waals surface area contributed by atoms with Crippen LogP contribution in [0.5, 0.6) is 0 Å². The van der Waals surface area contributed by atoms with Gasteiger partial charge in [0, 0.05) is 11.8 Å². The van der Waals surface area contributed by atoms with E-state index in [0.717, 1.165) is 12.1 Å². The minimum atomic E-state index is -4.41. The first kappa shape index (κ1) is 17.9. The molecule has 8 heteroatoms. The van der Waals surface area contributed by atoms with Gasteiger partial charge in [0.2, 0.25) is 0 Å². The van der Waals surface area contributed by atoms with Crippen molar-refractivity contribution in [2.45, 2.75) is 45.1 Å². The maximum atomic E-state index is 12.9. The Bertz CT molecular complexity index is 777. The van der Waals surface area contributed by atoms with Crippen molar-refractivity contribution in [2.75, 3.05) is 0 Å². The first-order chi connectivity index (χ1) is 11.5. The van der Waals surface area contributed by atoms with E-state index >= 15 is 0 Å². The minimum Gasteiger partial charge on any atom is -0.398 e. The molecule has 1 aromatic carbocycles. The molecule has 1 saturated heterocycles. The van der Waals surface area contributed by atoms with Crippen molar-refractivity contribution in [3.05, 3.63) is 42.2 Å². The van der Waals surface area contributed by atoms with Gasteiger partial charge in [-0.05, 0) is 39.8 Å². The van der Waals surface area contributed by atoms with Crippen LogP contribution >= 0.6 is 0 Å². The third kappa shape index (κ3) is 3.41. The van der Waals surface area contributed by atoms with Gasteiger partial charge in [0.05, 0.1) is 34.2 Å². The lowest BCUT2D eigenvalue weighted by Crippen LogP contribution is -2.41. The van der Waals surface area contributed by atoms with Gasteiger partial charge in [-0.3, -0.25) is 9.97 Å². The lowest BCUT2D eigenvalue weighted by atomic mass is 9.85. The van der Waals surface area contributed by atoms with Gasteiger partial charge in [-0.25, -0.2) is 0 Å². The van der Waals surface area contributed by atoms with Gasteiger partial charge in [-0.15, -0.1) is 0 Å². The summed E-state index contributed by atoms with van der Waals surface area (Å²) in [5, 5.41) is 0. The zero-order valence-corrected chi connectivity index (χ0v) is 14.4. The Balaban J connectivity index is 1.94. The maximum Gasteiger partial charge on any atom is 0.516 e. The number of nitrogens with zero attached hydrogens (tertiary/aromatic N) is 2. The van der Waals surface area contributed by atoms with Crippen LogP contribution in [0, 0.1) is 0 Å². The summed E-state index contributed by atoms with van der Waals surface area (Å²) in [6.45, 7) is 7.66. The van der Waals surface area contributed by atoms with E-state index in [-0.39, 0.29) is 0 Å². The number of hydrogen-bond acceptors (Lipinski definition) is 4. The predicted molar refractivity (Wildman–Crippen MR) is 88.2 cm³/mol. The van der Waals surface area contributed by atoms with Gasteiger partial charge in [0.1, 0.15) is 0 Å². The van der Waals surface area contributed by atoms with E-state index in [1.165, 1.54) is 18.5 Å². The Hall–Kier alpha value is -1.93. The monoisotopic (exact) mass is 350 g/mol. The first-order valence-electron chi connectivity index (χ1n) is 7.85. The minimum absolute atomic E-state index is 0.332. The number of hydrogen-bond donors (Lipinski definition) is 0. The molecular weight excluding hydrogens is 332 g/mol. The molecule has 25 heavy (non-hydrogen) atoms. The molecule has 1 aromatic heterocycles. The number of benzene rings is 1. The maximum absolute atomic E-state index is 12.9. The average Bonchev–Trinajstić information content (AvgIpc) is 2.75. The van der Waals surface area contributed by atoms with Crippen LogP contribution in [0.4, 0.5) is 13.2 Å². The van der Waals surface area contributed by atoms with E-state index in [1.54, 1.807) is 6.07 Å². The van der Waals surface area contributed by atoms with Crippen LogP contribution in [0.15, 0.2) is 36.7 Å². The summed E-state index contributed by atoms with van der Waals surface area (Å²) in [7, 11) is -0.719. The summed E-state index contributed by atoms with van der Waals surface area (Å²) in [6.07, 6.45) is -1.49. The van der Waals surface area contributed by atoms with E-state index in [9.17, 15) is 13.2 Å². The highest BCUT2D eigenvalue weighted by molar-refractivity contribution is 6.61. The van der Waals surface area contributed by atoms with Gasteiger partial charge in [-0.1, -0.05) is 12.1 Å². The predicted octanol–water partition coefficient (Wildman–Crippen LogP) is 3.46. The molecule has 0 bridgehead atoms. The summed E-state index contributed by atoms with van der Waals surface area (Å²) < 4.78 is 50.5. The van der Waals surface area contributed by atoms with Crippen molar-refractivity contribution in [2.24, 2.45) is 0 Å². The van der Waals surface area contributed by atoms with Crippen LogP contribution in [-0.4, -0.2) is 28.3 Å². The topological polar surface area (TPSA) is 44.2 Å². The zero-order valence-electron chi connectivity index (χ0n) is 14.4. The highest BCUT2D eigenvalue weighted by Gasteiger charge is 2.52. The van der Waals surface area contributed by atoms with Gasteiger partial charge >= 0.3 is 13.3 Å². The Morgan fingerprint density at radius 1 is 1.00 bits per heavy atom. The molecule has 0 radical (unpaired) electrons. The normalized spacial score (nSPS) is 19.2. The summed E-state index contributed by atoms with van der Waals surface area (Å²) in [5.41, 5.74) is -0.711. The SMILES string of the molecule is CC1(C)OB(c2cncc(-c3cccc(C(F)(F)F)c3)n2)OC1(C)C. The smallest absolute Gasteiger partial charge is 0.398 e. The quantitative estimate of drug-likeness (QED) is 0.778. The Morgan fingerprint density at radius 2 is 1.64 bits per heavy atom. The molecule has 0 spiro atoms. The number of aromatic nitrogens is 2. The standard InChI is InChI=1S/C17H18BF3N2O2/c1-15(2)16(3,4)25-18(24-15)14-10-22-9-13(23-14)11-6-5-7-12(8-11)17(19,20)21/h5-10H,1-4H3. The molecule has 0 amide bonds. The average molecular weight is 350 g/mol. The Morgan fingerprint density at radius 3 is 2.24 bits per heavy atom. The molecule has 3 rings (SSSR count). The summed E-state index contributed by atoms with van der Waals surface area (Å²) in [5.74, 6) is 0. The Kier molecular flexibility index (Phi) is 4.16. The molecule has 1 fully saturated rings. The van der Waals surface area contributed by atoms with Gasteiger partial charge < -0.3 is 9.31 Å². The van der Waals surface area contributed by atoms with Crippen LogP contribution in [0.2, 0.25) is 0 Å². The fraction of sp³-hybridized carbons (Fsp3) is 0.412. The zero-order chi connectivity index (χ0) is 18.5. The van der Waals surface area contributed by atoms with Crippen molar-refractivity contribution < 1.29 is 22.5 Å². The van der Waals surface area contributed by atoms with E-state index in [2.05, 4.69) is 9.97 Å². The van der Waals surface area contributed by atoms with Crippen LogP contribution in [0.1, 0.15) is 33.3 Å². The van der Waals surface area contributed by atoms with Gasteiger partial charge in [0.25, 0.3) is 0 Å². The third-order valence-electron chi connectivity index (χ3n) is 4.63. The van der Waals surface area contributed by atoms with Crippen molar-refractivity contribution in [3.63, 3.8) is 0 Å². The van der Waals surface area contributed by atoms with Crippen LogP contribution in [0.3, 0.4) is 0 Å². The molecule has 4 nitrogen and oxygen atoms in total. The molecular formula is C17H18BF3N2O2. The van der Waals surface area contributed by atoms with E-state index in [0.29, 0.717) is 16.9 Å². The molecule has 0 saturated carbocycles. The third-order valence-corrected chi connectivity index (χ3v) is 4.63. The van der Waals surface area contributed by atoms with Crippen LogP contribution in [-0.2, 0) is 15.5 Å². The molecule has 0 unspecified atom stereocenters. The van der Waals surface area contributed by atoms with Crippen LogP contribution in [0.25, 0.3) is 11.3 Å². The highest BCUT2D eigenvalue weighted by Crippen LogP contribution is 2.36. The fourth-order valence-corrected chi connectivity index (χ4v) is 2.45. The molecule has 2 aromatic rings. The first-order valence-corrected chi connectivity index (χ1v) is 7.85. The largest absolute Gasteiger partial charge is 0.516 e. The van der Waals surface area contributed by atoms with E-state index in [4.69, 9.17) is 9.31 Å². The molecule has 0 aliphatic carbocycles. The molecule has 1 aliphatic rings. The molecule has 1 aliphatic heterocycles. The molecule has 132 valence electrons. The second-order valence-corrected chi connectivity index (χ2v) is 7.00. The lowest BCUT2D eigenvalue weighted by Gasteiger charge is -2.32. The summed E-state index contributed by atoms with van der Waals surface area (Å²) in [4.78, 5) is 8.49. The van der Waals surface area contributed by atoms with Crippen molar-refractivity contribution >= 4 is 12.7 Å². The van der Waals surface area contributed by atoms with Crippen molar-refractivity contribution in [1.29, 1.82) is 0 Å². The summed E-state index contributed by atoms with van der Waals surface area (Å²) >= 11 is 0. The van der Waals surface area contributed by atoms with Gasteiger partial charge in [0.15, 0.2) is 0 Å². The number of alkyl halides is 3. The number of halogens is 3. The number of rotatable bonds is 2. The fourth-order valence-electron chi connectivity index (χ4n) is 2.45. The lowest BCUT2D eigenvalue weighted by molar-refractivity contribution is -0.137. The van der Waals surface area contributed by atoms with Crippen LogP contribution < -0.4 is 5.59 Å². The second-order valence-electron chi connectivity index (χ2n) is 7.00. The molecule has 2 heterocycles. The molecule has 0 atom stereocenters.